The van der Waals surface area contributed by atoms with Gasteiger partial charge < -0.3 is 5.32 Å². The molecule has 22 heavy (non-hydrogen) atoms. The molecule has 0 spiro atoms. The van der Waals surface area contributed by atoms with E-state index in [1.54, 1.807) is 0 Å². The lowest BCUT2D eigenvalue weighted by Gasteiger charge is -2.21. The van der Waals surface area contributed by atoms with E-state index >= 15 is 0 Å². The largest absolute Gasteiger partial charge is 0.348 e. The molecule has 1 saturated heterocycles. The van der Waals surface area contributed by atoms with Crippen LogP contribution < -0.4 is 16.2 Å². The summed E-state index contributed by atoms with van der Waals surface area (Å²) in [5.74, 6) is 0.249. The molecule has 0 radical (unpaired) electrons. The van der Waals surface area contributed by atoms with E-state index < -0.39 is 0 Å². The number of carbonyl (C=O) groups excluding carboxylic acids is 1. The number of nitrogens with one attached hydrogen (secondary N) is 3. The van der Waals surface area contributed by atoms with Gasteiger partial charge >= 0.3 is 0 Å². The van der Waals surface area contributed by atoms with Crippen LogP contribution >= 0.6 is 11.6 Å². The smallest absolute Gasteiger partial charge is 0.239 e. The van der Waals surface area contributed by atoms with Crippen molar-refractivity contribution in [3.8, 4) is 0 Å². The monoisotopic (exact) mass is 317 g/mol. The summed E-state index contributed by atoms with van der Waals surface area (Å²) in [6, 6.07) is 7.46. The van der Waals surface area contributed by atoms with Gasteiger partial charge in [-0.05, 0) is 31.0 Å². The summed E-state index contributed by atoms with van der Waals surface area (Å²) in [6.07, 6.45) is 9.14. The number of hydrazine groups is 1. The van der Waals surface area contributed by atoms with Crippen molar-refractivity contribution in [3.05, 3.63) is 59.2 Å². The second-order valence-electron chi connectivity index (χ2n) is 5.79. The van der Waals surface area contributed by atoms with Gasteiger partial charge in [-0.1, -0.05) is 48.0 Å². The molecule has 4 unspecified atom stereocenters. The van der Waals surface area contributed by atoms with Crippen LogP contribution in [0.25, 0.3) is 0 Å². The molecule has 116 valence electrons. The van der Waals surface area contributed by atoms with Gasteiger partial charge in [0.2, 0.25) is 5.91 Å². The highest BCUT2D eigenvalue weighted by Crippen LogP contribution is 2.24. The SMILES string of the molecule is CC(NC(=O)C1NNC2C=CC=CCC21)c1ccc(Cl)cc1. The standard InChI is InChI=1S/C17H20ClN3O/c1-11(12-7-9-13(18)10-8-12)19-17(22)16-14-5-3-2-4-6-15(14)20-21-16/h2-4,6-11,14-16,20-21H,5H2,1H3,(H,19,22). The molecule has 3 rings (SSSR count). The first-order valence-corrected chi connectivity index (χ1v) is 7.93. The molecule has 4 atom stereocenters. The Hall–Kier alpha value is -1.62. The summed E-state index contributed by atoms with van der Waals surface area (Å²) in [5, 5.41) is 3.78. The number of benzene rings is 1. The summed E-state index contributed by atoms with van der Waals surface area (Å²) in [5.41, 5.74) is 7.36. The van der Waals surface area contributed by atoms with E-state index in [0.717, 1.165) is 12.0 Å². The number of carbonyl (C=O) groups is 1. The van der Waals surface area contributed by atoms with E-state index in [9.17, 15) is 4.79 Å². The molecule has 3 N–H and O–H groups in total. The fraction of sp³-hybridized carbons (Fsp3) is 0.353. The molecule has 0 aromatic heterocycles. The van der Waals surface area contributed by atoms with Gasteiger partial charge in [0.15, 0.2) is 0 Å². The normalized spacial score (nSPS) is 28.0. The van der Waals surface area contributed by atoms with Crippen LogP contribution in [0, 0.1) is 5.92 Å². The molecule has 0 bridgehead atoms. The maximum absolute atomic E-state index is 12.6. The molecule has 4 nitrogen and oxygen atoms in total. The second kappa shape index (κ2) is 6.65. The fourth-order valence-corrected chi connectivity index (χ4v) is 3.10. The lowest BCUT2D eigenvalue weighted by molar-refractivity contribution is -0.124. The molecule has 2 aliphatic rings. The van der Waals surface area contributed by atoms with Crippen molar-refractivity contribution in [1.29, 1.82) is 0 Å². The van der Waals surface area contributed by atoms with Gasteiger partial charge in [-0.2, -0.15) is 0 Å². The Morgan fingerprint density at radius 2 is 2.05 bits per heavy atom. The van der Waals surface area contributed by atoms with E-state index in [-0.39, 0.29) is 30.0 Å². The van der Waals surface area contributed by atoms with Crippen LogP contribution in [-0.2, 0) is 4.79 Å². The first-order chi connectivity index (χ1) is 10.6. The quantitative estimate of drug-likeness (QED) is 0.803. The highest BCUT2D eigenvalue weighted by Gasteiger charge is 2.38. The lowest BCUT2D eigenvalue weighted by Crippen LogP contribution is -2.46. The molecule has 1 aromatic rings. The second-order valence-corrected chi connectivity index (χ2v) is 6.22. The Morgan fingerprint density at radius 1 is 1.27 bits per heavy atom. The van der Waals surface area contributed by atoms with Crippen molar-refractivity contribution in [3.63, 3.8) is 0 Å². The zero-order chi connectivity index (χ0) is 15.5. The minimum Gasteiger partial charge on any atom is -0.348 e. The van der Waals surface area contributed by atoms with Gasteiger partial charge in [0.1, 0.15) is 6.04 Å². The average Bonchev–Trinajstić information content (AvgIpc) is 2.77. The number of halogens is 1. The van der Waals surface area contributed by atoms with Crippen molar-refractivity contribution < 1.29 is 4.79 Å². The maximum Gasteiger partial charge on any atom is 0.239 e. The highest BCUT2D eigenvalue weighted by atomic mass is 35.5. The molecule has 1 heterocycles. The molecule has 1 aliphatic carbocycles. The zero-order valence-electron chi connectivity index (χ0n) is 12.4. The van der Waals surface area contributed by atoms with Gasteiger partial charge in [0.05, 0.1) is 6.04 Å². The summed E-state index contributed by atoms with van der Waals surface area (Å²) in [4.78, 5) is 12.6. The van der Waals surface area contributed by atoms with Crippen LogP contribution in [0.4, 0.5) is 0 Å². The minimum absolute atomic E-state index is 0.0196. The van der Waals surface area contributed by atoms with Crippen LogP contribution in [0.2, 0.25) is 5.02 Å². The molecule has 0 saturated carbocycles. The number of rotatable bonds is 3. The number of hydrogen-bond donors (Lipinski definition) is 3. The van der Waals surface area contributed by atoms with E-state index in [1.807, 2.05) is 43.3 Å². The number of hydrogen-bond acceptors (Lipinski definition) is 3. The van der Waals surface area contributed by atoms with Crippen LogP contribution in [0.1, 0.15) is 24.9 Å². The van der Waals surface area contributed by atoms with Crippen LogP contribution in [0.3, 0.4) is 0 Å². The minimum atomic E-state index is -0.229. The first kappa shape index (κ1) is 15.3. The Kier molecular flexibility index (Phi) is 4.62. The summed E-state index contributed by atoms with van der Waals surface area (Å²) < 4.78 is 0. The number of fused-ring (bicyclic) bond motifs is 1. The van der Waals surface area contributed by atoms with Gasteiger partial charge in [0, 0.05) is 17.0 Å². The highest BCUT2D eigenvalue weighted by molar-refractivity contribution is 6.30. The van der Waals surface area contributed by atoms with Crippen molar-refractivity contribution >= 4 is 17.5 Å². The van der Waals surface area contributed by atoms with Crippen molar-refractivity contribution in [2.45, 2.75) is 31.5 Å². The molecule has 1 fully saturated rings. The lowest BCUT2D eigenvalue weighted by atomic mass is 9.91. The van der Waals surface area contributed by atoms with E-state index in [4.69, 9.17) is 11.6 Å². The summed E-state index contributed by atoms with van der Waals surface area (Å²) in [7, 11) is 0. The van der Waals surface area contributed by atoms with Crippen molar-refractivity contribution in [2.24, 2.45) is 5.92 Å². The topological polar surface area (TPSA) is 53.2 Å². The molecule has 1 aliphatic heterocycles. The fourth-order valence-electron chi connectivity index (χ4n) is 2.98. The summed E-state index contributed by atoms with van der Waals surface area (Å²) >= 11 is 5.90. The third-order valence-corrected chi connectivity index (χ3v) is 4.53. The van der Waals surface area contributed by atoms with E-state index in [1.165, 1.54) is 0 Å². The average molecular weight is 318 g/mol. The first-order valence-electron chi connectivity index (χ1n) is 7.55. The maximum atomic E-state index is 12.6. The predicted octanol–water partition coefficient (Wildman–Crippen LogP) is 2.49. The van der Waals surface area contributed by atoms with Gasteiger partial charge in [0.25, 0.3) is 0 Å². The molecule has 1 amide bonds. The van der Waals surface area contributed by atoms with Crippen molar-refractivity contribution in [2.75, 3.05) is 0 Å². The third-order valence-electron chi connectivity index (χ3n) is 4.28. The molecule has 1 aromatic carbocycles. The Morgan fingerprint density at radius 3 is 2.82 bits per heavy atom. The van der Waals surface area contributed by atoms with Crippen LogP contribution in [0.5, 0.6) is 0 Å². The van der Waals surface area contributed by atoms with Gasteiger partial charge in [-0.3, -0.25) is 4.79 Å². The Balaban J connectivity index is 1.65. The van der Waals surface area contributed by atoms with Gasteiger partial charge in [-0.25, -0.2) is 10.9 Å². The van der Waals surface area contributed by atoms with Crippen LogP contribution in [0.15, 0.2) is 48.6 Å². The predicted molar refractivity (Wildman–Crippen MR) is 88.2 cm³/mol. The van der Waals surface area contributed by atoms with Gasteiger partial charge in [-0.15, -0.1) is 0 Å². The molecule has 5 heteroatoms. The van der Waals surface area contributed by atoms with E-state index in [0.29, 0.717) is 5.02 Å². The molecular weight excluding hydrogens is 298 g/mol. The third kappa shape index (κ3) is 3.24. The van der Waals surface area contributed by atoms with Crippen LogP contribution in [-0.4, -0.2) is 18.0 Å². The molecular formula is C17H20ClN3O. The Bertz CT molecular complexity index is 596. The van der Waals surface area contributed by atoms with Crippen molar-refractivity contribution in [1.82, 2.24) is 16.2 Å². The Labute approximate surface area is 135 Å². The van der Waals surface area contributed by atoms with E-state index in [2.05, 4.69) is 28.3 Å². The zero-order valence-corrected chi connectivity index (χ0v) is 13.2. The number of amides is 1. The summed E-state index contributed by atoms with van der Waals surface area (Å²) in [6.45, 7) is 1.98. The number of allylic oxidation sites excluding steroid dienone is 3.